The summed E-state index contributed by atoms with van der Waals surface area (Å²) in [5, 5.41) is 15.7. The lowest BCUT2D eigenvalue weighted by Crippen LogP contribution is -2.47. The number of hydrogen-bond donors (Lipinski definition) is 4. The Labute approximate surface area is 212 Å². The fourth-order valence-electron chi connectivity index (χ4n) is 4.46. The number of piperidine rings is 1. The SMILES string of the molecule is COc1ccc(Cl)cc1C1NN(CC(=O)NC2CCNCC2)C=C1NC(=O)c1cnn2cccnc12. The molecule has 0 saturated carbocycles. The number of fused-ring (bicyclic) bond motifs is 1. The molecule has 11 nitrogen and oxygen atoms in total. The number of hydrazine groups is 1. The Bertz CT molecular complexity index is 1300. The predicted octanol–water partition coefficient (Wildman–Crippen LogP) is 1.39. The van der Waals surface area contributed by atoms with E-state index in [9.17, 15) is 9.59 Å². The first-order valence-corrected chi connectivity index (χ1v) is 12.1. The number of carbonyl (C=O) groups excluding carboxylic acids is 2. The fraction of sp³-hybridized carbons (Fsp3) is 0.333. The Morgan fingerprint density at radius 1 is 1.28 bits per heavy atom. The number of benzene rings is 1. The minimum absolute atomic E-state index is 0.0704. The first-order chi connectivity index (χ1) is 17.5. The molecule has 36 heavy (non-hydrogen) atoms. The summed E-state index contributed by atoms with van der Waals surface area (Å²) in [7, 11) is 1.57. The summed E-state index contributed by atoms with van der Waals surface area (Å²) in [4.78, 5) is 30.2. The molecule has 2 aliphatic heterocycles. The Morgan fingerprint density at radius 3 is 2.92 bits per heavy atom. The molecule has 1 atom stereocenters. The van der Waals surface area contributed by atoms with Crippen LogP contribution in [0.5, 0.6) is 5.75 Å². The Kier molecular flexibility index (Phi) is 7.03. The van der Waals surface area contributed by atoms with Crippen LogP contribution >= 0.6 is 11.6 Å². The van der Waals surface area contributed by atoms with Crippen LogP contribution in [-0.4, -0.2) is 64.2 Å². The third-order valence-corrected chi connectivity index (χ3v) is 6.44. The van der Waals surface area contributed by atoms with Crippen LogP contribution in [-0.2, 0) is 4.79 Å². The van der Waals surface area contributed by atoms with Gasteiger partial charge in [-0.3, -0.25) is 9.59 Å². The van der Waals surface area contributed by atoms with Gasteiger partial charge in [-0.1, -0.05) is 11.6 Å². The van der Waals surface area contributed by atoms with Gasteiger partial charge < -0.3 is 25.7 Å². The van der Waals surface area contributed by atoms with Gasteiger partial charge in [0.15, 0.2) is 5.65 Å². The highest BCUT2D eigenvalue weighted by atomic mass is 35.5. The molecule has 12 heteroatoms. The first-order valence-electron chi connectivity index (χ1n) is 11.7. The van der Waals surface area contributed by atoms with Gasteiger partial charge in [0.2, 0.25) is 5.91 Å². The molecule has 3 aromatic rings. The van der Waals surface area contributed by atoms with Crippen molar-refractivity contribution in [2.75, 3.05) is 26.7 Å². The molecule has 0 radical (unpaired) electrons. The van der Waals surface area contributed by atoms with Crippen molar-refractivity contribution >= 4 is 29.1 Å². The van der Waals surface area contributed by atoms with Crippen LogP contribution in [0.15, 0.2) is 54.8 Å². The Hall–Kier alpha value is -3.67. The zero-order valence-electron chi connectivity index (χ0n) is 19.7. The monoisotopic (exact) mass is 510 g/mol. The molecule has 2 amide bonds. The van der Waals surface area contributed by atoms with Gasteiger partial charge in [0.25, 0.3) is 5.91 Å². The number of hydrogen-bond acceptors (Lipinski definition) is 8. The number of carbonyl (C=O) groups is 2. The molecule has 2 aromatic heterocycles. The topological polar surface area (TPSA) is 125 Å². The average molecular weight is 511 g/mol. The van der Waals surface area contributed by atoms with Crippen LogP contribution in [0.1, 0.15) is 34.8 Å². The van der Waals surface area contributed by atoms with Crippen molar-refractivity contribution in [3.63, 3.8) is 0 Å². The summed E-state index contributed by atoms with van der Waals surface area (Å²) in [5.74, 6) is 0.112. The molecule has 0 aliphatic carbocycles. The number of ether oxygens (including phenoxy) is 1. The van der Waals surface area contributed by atoms with E-state index in [0.717, 1.165) is 31.5 Å². The van der Waals surface area contributed by atoms with Gasteiger partial charge in [-0.25, -0.2) is 14.9 Å². The van der Waals surface area contributed by atoms with Crippen molar-refractivity contribution in [2.45, 2.75) is 24.9 Å². The maximum Gasteiger partial charge on any atom is 0.261 e. The highest BCUT2D eigenvalue weighted by molar-refractivity contribution is 6.30. The van der Waals surface area contributed by atoms with Crippen LogP contribution in [0.25, 0.3) is 5.65 Å². The second-order valence-electron chi connectivity index (χ2n) is 8.65. The molecule has 0 bridgehead atoms. The summed E-state index contributed by atoms with van der Waals surface area (Å²) in [5.41, 5.74) is 5.31. The van der Waals surface area contributed by atoms with Gasteiger partial charge in [0.05, 0.1) is 25.0 Å². The molecule has 0 spiro atoms. The molecule has 5 rings (SSSR count). The van der Waals surface area contributed by atoms with E-state index in [2.05, 4.69) is 31.5 Å². The second-order valence-corrected chi connectivity index (χ2v) is 9.09. The van der Waals surface area contributed by atoms with Crippen molar-refractivity contribution < 1.29 is 14.3 Å². The first kappa shape index (κ1) is 24.0. The number of amides is 2. The summed E-state index contributed by atoms with van der Waals surface area (Å²) >= 11 is 6.29. The van der Waals surface area contributed by atoms with E-state index in [-0.39, 0.29) is 24.4 Å². The summed E-state index contributed by atoms with van der Waals surface area (Å²) in [6, 6.07) is 6.64. The Morgan fingerprint density at radius 2 is 2.11 bits per heavy atom. The molecule has 1 unspecified atom stereocenters. The summed E-state index contributed by atoms with van der Waals surface area (Å²) in [6.45, 7) is 1.84. The van der Waals surface area contributed by atoms with Crippen LogP contribution < -0.4 is 26.1 Å². The number of halogens is 1. The predicted molar refractivity (Wildman–Crippen MR) is 133 cm³/mol. The van der Waals surface area contributed by atoms with E-state index in [4.69, 9.17) is 16.3 Å². The lowest BCUT2D eigenvalue weighted by atomic mass is 10.0. The fourth-order valence-corrected chi connectivity index (χ4v) is 4.64. The lowest BCUT2D eigenvalue weighted by molar-refractivity contribution is -0.123. The van der Waals surface area contributed by atoms with Crippen LogP contribution in [0.3, 0.4) is 0 Å². The standard InChI is InChI=1S/C24H27ClN8O3/c1-36-20-4-3-15(25)11-17(20)22-19(30-24(35)18-12-28-33-10-2-7-27-23(18)33)13-32(31-22)14-21(34)29-16-5-8-26-9-6-16/h2-4,7,10-13,16,22,26,31H,5-6,8-9,14H2,1H3,(H,29,34)(H,30,35). The van der Waals surface area contributed by atoms with Gasteiger partial charge in [-0.15, -0.1) is 0 Å². The van der Waals surface area contributed by atoms with Gasteiger partial charge >= 0.3 is 0 Å². The molecule has 4 heterocycles. The molecule has 188 valence electrons. The number of nitrogens with one attached hydrogen (secondary N) is 4. The van der Waals surface area contributed by atoms with Gasteiger partial charge in [-0.2, -0.15) is 5.10 Å². The molecule has 2 aliphatic rings. The quantitative estimate of drug-likeness (QED) is 0.376. The molecule has 1 saturated heterocycles. The van der Waals surface area contributed by atoms with Gasteiger partial charge in [-0.05, 0) is 50.2 Å². The zero-order valence-corrected chi connectivity index (χ0v) is 20.5. The zero-order chi connectivity index (χ0) is 25.1. The minimum atomic E-state index is -0.510. The number of nitrogens with zero attached hydrogens (tertiary/aromatic N) is 4. The van der Waals surface area contributed by atoms with Gasteiger partial charge in [0, 0.05) is 35.2 Å². The highest BCUT2D eigenvalue weighted by Crippen LogP contribution is 2.34. The van der Waals surface area contributed by atoms with E-state index in [0.29, 0.717) is 27.7 Å². The Balaban J connectivity index is 1.39. The van der Waals surface area contributed by atoms with E-state index in [1.807, 2.05) is 0 Å². The van der Waals surface area contributed by atoms with Crippen LogP contribution in [0.4, 0.5) is 0 Å². The number of methoxy groups -OCH3 is 1. The van der Waals surface area contributed by atoms with Crippen molar-refractivity contribution in [1.29, 1.82) is 0 Å². The third kappa shape index (κ3) is 5.13. The van der Waals surface area contributed by atoms with E-state index in [1.54, 1.807) is 55.0 Å². The van der Waals surface area contributed by atoms with Crippen molar-refractivity contribution in [3.05, 3.63) is 70.9 Å². The lowest BCUT2D eigenvalue weighted by Gasteiger charge is -2.25. The van der Waals surface area contributed by atoms with Crippen molar-refractivity contribution in [2.24, 2.45) is 0 Å². The van der Waals surface area contributed by atoms with Gasteiger partial charge in [0.1, 0.15) is 17.9 Å². The largest absolute Gasteiger partial charge is 0.496 e. The van der Waals surface area contributed by atoms with E-state index < -0.39 is 6.04 Å². The van der Waals surface area contributed by atoms with Crippen molar-refractivity contribution in [1.82, 2.24) is 41.0 Å². The van der Waals surface area contributed by atoms with Crippen LogP contribution in [0.2, 0.25) is 5.02 Å². The molecule has 1 fully saturated rings. The highest BCUT2D eigenvalue weighted by Gasteiger charge is 2.31. The number of aromatic nitrogens is 3. The van der Waals surface area contributed by atoms with E-state index in [1.165, 1.54) is 10.7 Å². The molecular formula is C24H27ClN8O3. The second kappa shape index (κ2) is 10.5. The summed E-state index contributed by atoms with van der Waals surface area (Å²) < 4.78 is 7.08. The van der Waals surface area contributed by atoms with Crippen LogP contribution in [0, 0.1) is 0 Å². The number of rotatable bonds is 7. The maximum atomic E-state index is 13.2. The average Bonchev–Trinajstić information content (AvgIpc) is 3.48. The molecule has 4 N–H and O–H groups in total. The normalized spacial score (nSPS) is 18.2. The van der Waals surface area contributed by atoms with Crippen molar-refractivity contribution in [3.8, 4) is 5.75 Å². The molecular weight excluding hydrogens is 484 g/mol. The summed E-state index contributed by atoms with van der Waals surface area (Å²) in [6.07, 6.45) is 8.30. The smallest absolute Gasteiger partial charge is 0.261 e. The third-order valence-electron chi connectivity index (χ3n) is 6.20. The van der Waals surface area contributed by atoms with E-state index >= 15 is 0 Å². The minimum Gasteiger partial charge on any atom is -0.496 e. The maximum absolute atomic E-state index is 13.2. The molecule has 1 aromatic carbocycles.